The monoisotopic (exact) mass is 281 g/mol. The van der Waals surface area contributed by atoms with Crippen LogP contribution in [0.15, 0.2) is 36.9 Å². The van der Waals surface area contributed by atoms with Gasteiger partial charge in [-0.1, -0.05) is 22.0 Å². The van der Waals surface area contributed by atoms with Crippen LogP contribution >= 0.6 is 15.9 Å². The van der Waals surface area contributed by atoms with E-state index < -0.39 is 0 Å². The zero-order chi connectivity index (χ0) is 11.5. The van der Waals surface area contributed by atoms with Gasteiger partial charge < -0.3 is 4.57 Å². The van der Waals surface area contributed by atoms with Crippen molar-refractivity contribution >= 4 is 21.6 Å². The summed E-state index contributed by atoms with van der Waals surface area (Å²) in [5, 5.41) is 11.5. The third-order valence-electron chi connectivity index (χ3n) is 2.17. The van der Waals surface area contributed by atoms with Gasteiger partial charge in [0.05, 0.1) is 11.3 Å². The third-order valence-corrected chi connectivity index (χ3v) is 2.82. The van der Waals surface area contributed by atoms with Gasteiger partial charge in [0.25, 0.3) is 5.69 Å². The minimum absolute atomic E-state index is 0.0787. The van der Waals surface area contributed by atoms with Gasteiger partial charge >= 0.3 is 0 Å². The Bertz CT molecular complexity index is 511. The highest BCUT2D eigenvalue weighted by atomic mass is 79.9. The van der Waals surface area contributed by atoms with Crippen molar-refractivity contribution < 1.29 is 4.92 Å². The van der Waals surface area contributed by atoms with Gasteiger partial charge in [-0.25, -0.2) is 4.98 Å². The molecule has 0 aliphatic carbocycles. The highest BCUT2D eigenvalue weighted by Gasteiger charge is 2.15. The average molecular weight is 282 g/mol. The Balaban J connectivity index is 2.57. The van der Waals surface area contributed by atoms with E-state index in [-0.39, 0.29) is 10.6 Å². The molecule has 0 fully saturated rings. The molecular formula is C10H8BrN3O2. The van der Waals surface area contributed by atoms with Crippen molar-refractivity contribution in [3.63, 3.8) is 0 Å². The molecule has 6 heteroatoms. The lowest BCUT2D eigenvalue weighted by Gasteiger charge is -2.04. The Morgan fingerprint density at radius 3 is 2.88 bits per heavy atom. The van der Waals surface area contributed by atoms with Crippen LogP contribution in [0.5, 0.6) is 0 Å². The molecule has 2 aromatic rings. The second kappa shape index (κ2) is 4.44. The van der Waals surface area contributed by atoms with Gasteiger partial charge in [-0.05, 0) is 11.6 Å². The van der Waals surface area contributed by atoms with E-state index in [9.17, 15) is 10.1 Å². The van der Waals surface area contributed by atoms with E-state index in [2.05, 4.69) is 20.9 Å². The molecule has 0 bridgehead atoms. The molecule has 1 heterocycles. The molecule has 82 valence electrons. The first-order valence-corrected chi connectivity index (χ1v) is 5.66. The molecule has 0 unspecified atom stereocenters. The first-order valence-electron chi connectivity index (χ1n) is 4.54. The fourth-order valence-electron chi connectivity index (χ4n) is 1.42. The first kappa shape index (κ1) is 10.8. The lowest BCUT2D eigenvalue weighted by molar-refractivity contribution is -0.384. The molecule has 0 spiro atoms. The van der Waals surface area contributed by atoms with E-state index in [0.717, 1.165) is 5.56 Å². The van der Waals surface area contributed by atoms with Crippen molar-refractivity contribution in [3.8, 4) is 5.69 Å². The number of nitro benzene ring substituents is 1. The van der Waals surface area contributed by atoms with E-state index in [1.807, 2.05) is 6.07 Å². The fourth-order valence-corrected chi connectivity index (χ4v) is 1.77. The lowest BCUT2D eigenvalue weighted by Crippen LogP contribution is -1.99. The Kier molecular flexibility index (Phi) is 3.00. The number of alkyl halides is 1. The van der Waals surface area contributed by atoms with Crippen LogP contribution in [0.1, 0.15) is 5.56 Å². The molecule has 0 atom stereocenters. The van der Waals surface area contributed by atoms with E-state index in [4.69, 9.17) is 0 Å². The molecule has 5 nitrogen and oxygen atoms in total. The fraction of sp³-hybridized carbons (Fsp3) is 0.100. The maximum absolute atomic E-state index is 10.9. The summed E-state index contributed by atoms with van der Waals surface area (Å²) < 4.78 is 1.62. The van der Waals surface area contributed by atoms with Crippen molar-refractivity contribution in [3.05, 3.63) is 52.6 Å². The zero-order valence-electron chi connectivity index (χ0n) is 8.21. The maximum Gasteiger partial charge on any atom is 0.293 e. The second-order valence-electron chi connectivity index (χ2n) is 3.18. The van der Waals surface area contributed by atoms with Gasteiger partial charge in [-0.3, -0.25) is 10.1 Å². The van der Waals surface area contributed by atoms with Crippen LogP contribution in [0, 0.1) is 10.1 Å². The number of benzene rings is 1. The van der Waals surface area contributed by atoms with Crippen LogP contribution < -0.4 is 0 Å². The van der Waals surface area contributed by atoms with Crippen LogP contribution in [-0.4, -0.2) is 14.5 Å². The Hall–Kier alpha value is -1.69. The summed E-state index contributed by atoms with van der Waals surface area (Å²) in [6.45, 7) is 0. The minimum Gasteiger partial charge on any atom is -0.300 e. The number of aromatic nitrogens is 2. The first-order chi connectivity index (χ1) is 7.72. The van der Waals surface area contributed by atoms with Crippen LogP contribution in [0.3, 0.4) is 0 Å². The summed E-state index contributed by atoms with van der Waals surface area (Å²) in [7, 11) is 0. The molecule has 0 amide bonds. The number of rotatable bonds is 3. The number of hydrogen-bond donors (Lipinski definition) is 0. The Morgan fingerprint density at radius 2 is 2.31 bits per heavy atom. The highest BCUT2D eigenvalue weighted by molar-refractivity contribution is 9.08. The number of imidazole rings is 1. The molecule has 1 aromatic carbocycles. The van der Waals surface area contributed by atoms with Gasteiger partial charge in [-0.2, -0.15) is 0 Å². The van der Waals surface area contributed by atoms with Gasteiger partial charge in [0.1, 0.15) is 5.69 Å². The second-order valence-corrected chi connectivity index (χ2v) is 3.74. The summed E-state index contributed by atoms with van der Waals surface area (Å²) >= 11 is 3.27. The molecule has 2 rings (SSSR count). The number of nitrogens with zero attached hydrogens (tertiary/aromatic N) is 3. The smallest absolute Gasteiger partial charge is 0.293 e. The Morgan fingerprint density at radius 1 is 1.50 bits per heavy atom. The maximum atomic E-state index is 10.9. The highest BCUT2D eigenvalue weighted by Crippen LogP contribution is 2.24. The zero-order valence-corrected chi connectivity index (χ0v) is 9.79. The standard InChI is InChI=1S/C10H8BrN3O2/c11-6-8-1-2-9(10(5-8)14(15)16)13-4-3-12-7-13/h1-5,7H,6H2. The number of nitro groups is 1. The summed E-state index contributed by atoms with van der Waals surface area (Å²) in [6.07, 6.45) is 4.80. The summed E-state index contributed by atoms with van der Waals surface area (Å²) in [6, 6.07) is 5.12. The third kappa shape index (κ3) is 1.96. The molecule has 0 N–H and O–H groups in total. The SMILES string of the molecule is O=[N+]([O-])c1cc(CBr)ccc1-n1ccnc1. The molecular weight excluding hydrogens is 274 g/mol. The predicted octanol–water partition coefficient (Wildman–Crippen LogP) is 2.68. The van der Waals surface area contributed by atoms with Gasteiger partial charge in [0.2, 0.25) is 0 Å². The Labute approximate surface area is 100 Å². The van der Waals surface area contributed by atoms with Crippen LogP contribution in [0.2, 0.25) is 0 Å². The van der Waals surface area contributed by atoms with Crippen molar-refractivity contribution in [1.29, 1.82) is 0 Å². The molecule has 0 aliphatic rings. The quantitative estimate of drug-likeness (QED) is 0.494. The minimum atomic E-state index is -0.387. The van der Waals surface area contributed by atoms with Crippen molar-refractivity contribution in [2.24, 2.45) is 0 Å². The number of hydrogen-bond acceptors (Lipinski definition) is 3. The molecule has 0 saturated carbocycles. The average Bonchev–Trinajstić information content (AvgIpc) is 2.81. The molecule has 0 aliphatic heterocycles. The largest absolute Gasteiger partial charge is 0.300 e. The summed E-state index contributed by atoms with van der Waals surface area (Å²) in [4.78, 5) is 14.4. The van der Waals surface area contributed by atoms with E-state index in [1.54, 1.807) is 29.1 Å². The normalized spacial score (nSPS) is 10.3. The molecule has 1 aromatic heterocycles. The topological polar surface area (TPSA) is 61.0 Å². The molecule has 16 heavy (non-hydrogen) atoms. The van der Waals surface area contributed by atoms with Crippen molar-refractivity contribution in [1.82, 2.24) is 9.55 Å². The molecule has 0 saturated heterocycles. The molecule has 0 radical (unpaired) electrons. The summed E-state index contributed by atoms with van der Waals surface area (Å²) in [5.74, 6) is 0. The van der Waals surface area contributed by atoms with E-state index in [0.29, 0.717) is 11.0 Å². The van der Waals surface area contributed by atoms with Crippen LogP contribution in [-0.2, 0) is 5.33 Å². The van der Waals surface area contributed by atoms with Crippen LogP contribution in [0.25, 0.3) is 5.69 Å². The summed E-state index contributed by atoms with van der Waals surface area (Å²) in [5.41, 5.74) is 1.47. The lowest BCUT2D eigenvalue weighted by atomic mass is 10.2. The van der Waals surface area contributed by atoms with Crippen LogP contribution in [0.4, 0.5) is 5.69 Å². The van der Waals surface area contributed by atoms with Gasteiger partial charge in [0, 0.05) is 23.8 Å². The number of halogens is 1. The van der Waals surface area contributed by atoms with E-state index >= 15 is 0 Å². The van der Waals surface area contributed by atoms with Gasteiger partial charge in [0.15, 0.2) is 0 Å². The predicted molar refractivity (Wildman–Crippen MR) is 62.8 cm³/mol. The van der Waals surface area contributed by atoms with Crippen molar-refractivity contribution in [2.75, 3.05) is 0 Å². The van der Waals surface area contributed by atoms with Gasteiger partial charge in [-0.15, -0.1) is 0 Å². The van der Waals surface area contributed by atoms with Crippen molar-refractivity contribution in [2.45, 2.75) is 5.33 Å². The van der Waals surface area contributed by atoms with E-state index in [1.165, 1.54) is 6.33 Å².